The summed E-state index contributed by atoms with van der Waals surface area (Å²) in [5, 5.41) is 17.6. The summed E-state index contributed by atoms with van der Waals surface area (Å²) in [5.41, 5.74) is 7.22. The first-order valence-corrected chi connectivity index (χ1v) is 7.83. The summed E-state index contributed by atoms with van der Waals surface area (Å²) in [7, 11) is 3.12. The number of nitrogens with zero attached hydrogens (tertiary/aromatic N) is 1. The zero-order valence-electron chi connectivity index (χ0n) is 15.1. The normalized spacial score (nSPS) is 17.7. The molecule has 0 saturated heterocycles. The molecule has 1 heterocycles. The second kappa shape index (κ2) is 6.89. The third-order valence-electron chi connectivity index (χ3n) is 4.05. The van der Waals surface area contributed by atoms with Crippen molar-refractivity contribution in [3.8, 4) is 17.6 Å². The summed E-state index contributed by atoms with van der Waals surface area (Å²) in [6.07, 6.45) is 1.13. The van der Waals surface area contributed by atoms with Crippen molar-refractivity contribution in [2.75, 3.05) is 14.2 Å². The summed E-state index contributed by atoms with van der Waals surface area (Å²) in [6.45, 7) is 5.85. The average molecular weight is 341 g/mol. The Morgan fingerprint density at radius 1 is 1.28 bits per heavy atom. The SMILES string of the molecule is COc1ccc([C@H]2C(C#N)=C(C(C)(C)C)OC(N)=C2C=N)c(OC)c1. The molecule has 0 spiro atoms. The van der Waals surface area contributed by atoms with Crippen molar-refractivity contribution in [2.24, 2.45) is 11.1 Å². The highest BCUT2D eigenvalue weighted by Gasteiger charge is 2.37. The molecule has 25 heavy (non-hydrogen) atoms. The van der Waals surface area contributed by atoms with E-state index in [1.807, 2.05) is 26.8 Å². The number of allylic oxidation sites excluding steroid dienone is 3. The molecule has 0 amide bonds. The fraction of sp³-hybridized carbons (Fsp3) is 0.368. The molecule has 1 aliphatic heterocycles. The van der Waals surface area contributed by atoms with Gasteiger partial charge in [0.2, 0.25) is 0 Å². The van der Waals surface area contributed by atoms with Gasteiger partial charge in [-0.3, -0.25) is 0 Å². The minimum Gasteiger partial charge on any atom is -0.497 e. The molecule has 0 bridgehead atoms. The molecule has 6 nitrogen and oxygen atoms in total. The van der Waals surface area contributed by atoms with E-state index in [4.69, 9.17) is 25.4 Å². The van der Waals surface area contributed by atoms with Gasteiger partial charge in [0.1, 0.15) is 17.3 Å². The van der Waals surface area contributed by atoms with Crippen LogP contribution in [0.1, 0.15) is 32.3 Å². The Hall–Kier alpha value is -2.94. The minimum absolute atomic E-state index is 0.127. The molecule has 0 fully saturated rings. The molecule has 1 aromatic rings. The van der Waals surface area contributed by atoms with Gasteiger partial charge in [0, 0.05) is 28.8 Å². The van der Waals surface area contributed by atoms with Crippen LogP contribution < -0.4 is 15.2 Å². The van der Waals surface area contributed by atoms with Gasteiger partial charge in [-0.25, -0.2) is 0 Å². The second-order valence-corrected chi connectivity index (χ2v) is 6.71. The third-order valence-corrected chi connectivity index (χ3v) is 4.05. The molecule has 1 aliphatic rings. The number of hydrogen-bond acceptors (Lipinski definition) is 6. The van der Waals surface area contributed by atoms with Gasteiger partial charge in [-0.15, -0.1) is 0 Å². The Morgan fingerprint density at radius 3 is 2.44 bits per heavy atom. The quantitative estimate of drug-likeness (QED) is 0.817. The van der Waals surface area contributed by atoms with Crippen molar-refractivity contribution in [3.63, 3.8) is 0 Å². The maximum Gasteiger partial charge on any atom is 0.196 e. The Labute approximate surface area is 148 Å². The molecule has 1 atom stereocenters. The van der Waals surface area contributed by atoms with Gasteiger partial charge in [0.25, 0.3) is 0 Å². The first kappa shape index (κ1) is 18.4. The Balaban J connectivity index is 2.77. The monoisotopic (exact) mass is 341 g/mol. The van der Waals surface area contributed by atoms with Gasteiger partial charge >= 0.3 is 0 Å². The molecule has 0 radical (unpaired) electrons. The zero-order valence-corrected chi connectivity index (χ0v) is 15.1. The smallest absolute Gasteiger partial charge is 0.196 e. The van der Waals surface area contributed by atoms with Crippen molar-refractivity contribution in [3.05, 3.63) is 46.6 Å². The number of nitrogens with one attached hydrogen (secondary N) is 1. The summed E-state index contributed by atoms with van der Waals surface area (Å²) in [4.78, 5) is 0. The van der Waals surface area contributed by atoms with E-state index in [9.17, 15) is 5.26 Å². The number of hydrogen-bond donors (Lipinski definition) is 2. The summed E-state index contributed by atoms with van der Waals surface area (Å²) in [5.74, 6) is 1.29. The second-order valence-electron chi connectivity index (χ2n) is 6.71. The summed E-state index contributed by atoms with van der Waals surface area (Å²) >= 11 is 0. The first-order valence-electron chi connectivity index (χ1n) is 7.83. The van der Waals surface area contributed by atoms with Crippen molar-refractivity contribution in [2.45, 2.75) is 26.7 Å². The van der Waals surface area contributed by atoms with Crippen LogP contribution in [0.3, 0.4) is 0 Å². The van der Waals surface area contributed by atoms with Gasteiger partial charge < -0.3 is 25.4 Å². The Morgan fingerprint density at radius 2 is 1.96 bits per heavy atom. The van der Waals surface area contributed by atoms with E-state index >= 15 is 0 Å². The molecule has 6 heteroatoms. The van der Waals surface area contributed by atoms with Crippen LogP contribution in [-0.4, -0.2) is 20.4 Å². The highest BCUT2D eigenvalue weighted by Crippen LogP contribution is 2.46. The van der Waals surface area contributed by atoms with Gasteiger partial charge in [-0.2, -0.15) is 5.26 Å². The fourth-order valence-corrected chi connectivity index (χ4v) is 2.86. The van der Waals surface area contributed by atoms with E-state index in [0.717, 1.165) is 11.8 Å². The third kappa shape index (κ3) is 3.31. The molecule has 0 saturated carbocycles. The molecule has 1 aromatic carbocycles. The zero-order chi connectivity index (χ0) is 18.8. The number of ether oxygens (including phenoxy) is 3. The lowest BCUT2D eigenvalue weighted by Gasteiger charge is -2.33. The van der Waals surface area contributed by atoms with Gasteiger partial charge in [0.15, 0.2) is 5.88 Å². The summed E-state index contributed by atoms with van der Waals surface area (Å²) < 4.78 is 16.5. The molecule has 0 aliphatic carbocycles. The van der Waals surface area contributed by atoms with Gasteiger partial charge in [-0.1, -0.05) is 26.8 Å². The lowest BCUT2D eigenvalue weighted by Crippen LogP contribution is -2.27. The molecule has 2 rings (SSSR count). The van der Waals surface area contributed by atoms with Crippen LogP contribution in [0.25, 0.3) is 0 Å². The van der Waals surface area contributed by atoms with E-state index in [0.29, 0.717) is 28.4 Å². The maximum absolute atomic E-state index is 9.83. The van der Waals surface area contributed by atoms with Crippen LogP contribution in [-0.2, 0) is 4.74 Å². The Kier molecular flexibility index (Phi) is 5.07. The van der Waals surface area contributed by atoms with E-state index < -0.39 is 11.3 Å². The van der Waals surface area contributed by atoms with Crippen molar-refractivity contribution < 1.29 is 14.2 Å². The van der Waals surface area contributed by atoms with Gasteiger partial charge in [-0.05, 0) is 6.07 Å². The molecule has 0 aromatic heterocycles. The van der Waals surface area contributed by atoms with E-state index in [-0.39, 0.29) is 5.88 Å². The lowest BCUT2D eigenvalue weighted by atomic mass is 9.78. The highest BCUT2D eigenvalue weighted by molar-refractivity contribution is 5.82. The van der Waals surface area contributed by atoms with Crippen molar-refractivity contribution in [1.29, 1.82) is 10.7 Å². The number of benzene rings is 1. The topological polar surface area (TPSA) is 101 Å². The number of rotatable bonds is 4. The highest BCUT2D eigenvalue weighted by atomic mass is 16.5. The molecule has 132 valence electrons. The molecule has 3 N–H and O–H groups in total. The van der Waals surface area contributed by atoms with Crippen LogP contribution in [0, 0.1) is 22.2 Å². The van der Waals surface area contributed by atoms with Crippen molar-refractivity contribution >= 4 is 6.21 Å². The number of nitriles is 1. The Bertz CT molecular complexity index is 795. The van der Waals surface area contributed by atoms with Crippen LogP contribution in [0.5, 0.6) is 11.5 Å². The lowest BCUT2D eigenvalue weighted by molar-refractivity contribution is 0.200. The van der Waals surface area contributed by atoms with Crippen LogP contribution in [0.15, 0.2) is 41.0 Å². The maximum atomic E-state index is 9.83. The van der Waals surface area contributed by atoms with Gasteiger partial charge in [0.05, 0.1) is 31.8 Å². The molecular formula is C19H23N3O3. The van der Waals surface area contributed by atoms with Crippen LogP contribution >= 0.6 is 0 Å². The van der Waals surface area contributed by atoms with Crippen LogP contribution in [0.4, 0.5) is 0 Å². The molecular weight excluding hydrogens is 318 g/mol. The predicted molar refractivity (Wildman–Crippen MR) is 95.5 cm³/mol. The predicted octanol–water partition coefficient (Wildman–Crippen LogP) is 3.46. The van der Waals surface area contributed by atoms with E-state index in [1.54, 1.807) is 26.4 Å². The van der Waals surface area contributed by atoms with E-state index in [1.165, 1.54) is 0 Å². The van der Waals surface area contributed by atoms with Crippen molar-refractivity contribution in [1.82, 2.24) is 0 Å². The average Bonchev–Trinajstić information content (AvgIpc) is 2.59. The first-order chi connectivity index (χ1) is 11.8. The van der Waals surface area contributed by atoms with E-state index in [2.05, 4.69) is 6.07 Å². The van der Waals surface area contributed by atoms with Crippen LogP contribution in [0.2, 0.25) is 0 Å². The standard InChI is InChI=1S/C19H23N3O3/c1-19(2,3)17-13(9-20)16(14(10-21)18(22)25-17)12-7-6-11(23-4)8-15(12)24-5/h6-8,10,16,21H,22H2,1-5H3/t16-/m0/s1. The molecule has 0 unspecified atom stereocenters. The number of nitrogens with two attached hydrogens (primary N) is 1. The largest absolute Gasteiger partial charge is 0.497 e. The summed E-state index contributed by atoms with van der Waals surface area (Å²) in [6, 6.07) is 7.60. The fourth-order valence-electron chi connectivity index (χ4n) is 2.86. The minimum atomic E-state index is -0.536. The number of methoxy groups -OCH3 is 2.